The number of thiazole rings is 1. The number of nitrogens with one attached hydrogen (secondary N) is 2. The van der Waals surface area contributed by atoms with Crippen molar-refractivity contribution in [3.8, 4) is 0 Å². The minimum Gasteiger partial charge on any atom is -0.444 e. The highest BCUT2D eigenvalue weighted by Crippen LogP contribution is 2.18. The van der Waals surface area contributed by atoms with E-state index in [1.165, 1.54) is 11.3 Å². The number of anilines is 1. The van der Waals surface area contributed by atoms with Gasteiger partial charge >= 0.3 is 12.1 Å². The molecule has 0 aliphatic carbocycles. The molecular formula is C15H24N4O3S. The van der Waals surface area contributed by atoms with Crippen molar-refractivity contribution < 1.29 is 14.3 Å². The summed E-state index contributed by atoms with van der Waals surface area (Å²) in [5.41, 5.74) is -0.504. The lowest BCUT2D eigenvalue weighted by molar-refractivity contribution is 0.0512. The lowest BCUT2D eigenvalue weighted by Crippen LogP contribution is -2.45. The Morgan fingerprint density at radius 3 is 2.91 bits per heavy atom. The van der Waals surface area contributed by atoms with E-state index in [0.717, 1.165) is 19.4 Å². The fraction of sp³-hybridized carbons (Fsp3) is 0.667. The number of hydrogen-bond acceptors (Lipinski definition) is 5. The topological polar surface area (TPSA) is 83.6 Å². The van der Waals surface area contributed by atoms with E-state index in [4.69, 9.17) is 4.74 Å². The van der Waals surface area contributed by atoms with E-state index in [-0.39, 0.29) is 11.9 Å². The first-order valence-electron chi connectivity index (χ1n) is 7.76. The van der Waals surface area contributed by atoms with Crippen molar-refractivity contribution in [2.45, 2.75) is 39.2 Å². The molecule has 1 atom stereocenters. The third-order valence-electron chi connectivity index (χ3n) is 3.39. The number of aromatic nitrogens is 1. The van der Waals surface area contributed by atoms with Crippen molar-refractivity contribution in [3.05, 3.63) is 11.6 Å². The average molecular weight is 340 g/mol. The maximum atomic E-state index is 12.2. The molecule has 0 unspecified atom stereocenters. The summed E-state index contributed by atoms with van der Waals surface area (Å²) in [5.74, 6) is 0.235. The number of alkyl carbamates (subject to hydrolysis) is 1. The molecule has 2 N–H and O–H groups in total. The molecule has 1 fully saturated rings. The zero-order valence-electron chi connectivity index (χ0n) is 13.8. The summed E-state index contributed by atoms with van der Waals surface area (Å²) < 4.78 is 5.22. The quantitative estimate of drug-likeness (QED) is 0.886. The molecule has 3 amide bonds. The summed E-state index contributed by atoms with van der Waals surface area (Å²) in [6.45, 7) is 7.34. The van der Waals surface area contributed by atoms with Gasteiger partial charge in [0.05, 0.1) is 0 Å². The SMILES string of the molecule is CC(C)(C)OC(=O)NC[C@H]1CCCN(C(=O)Nc2nccs2)C1. The lowest BCUT2D eigenvalue weighted by Gasteiger charge is -2.32. The van der Waals surface area contributed by atoms with Crippen LogP contribution in [0.2, 0.25) is 0 Å². The van der Waals surface area contributed by atoms with Gasteiger partial charge in [-0.3, -0.25) is 5.32 Å². The van der Waals surface area contributed by atoms with Crippen LogP contribution >= 0.6 is 11.3 Å². The van der Waals surface area contributed by atoms with E-state index in [1.807, 2.05) is 26.2 Å². The van der Waals surface area contributed by atoms with Gasteiger partial charge in [0.2, 0.25) is 0 Å². The molecule has 0 saturated carbocycles. The molecule has 128 valence electrons. The minimum atomic E-state index is -0.504. The van der Waals surface area contributed by atoms with Gasteiger partial charge in [0.1, 0.15) is 5.60 Å². The third-order valence-corrected chi connectivity index (χ3v) is 4.07. The maximum absolute atomic E-state index is 12.2. The van der Waals surface area contributed by atoms with E-state index in [9.17, 15) is 9.59 Å². The van der Waals surface area contributed by atoms with Gasteiger partial charge < -0.3 is 15.0 Å². The van der Waals surface area contributed by atoms with Gasteiger partial charge in [-0.2, -0.15) is 0 Å². The number of ether oxygens (including phenoxy) is 1. The highest BCUT2D eigenvalue weighted by atomic mass is 32.1. The Labute approximate surface area is 140 Å². The number of nitrogens with zero attached hydrogens (tertiary/aromatic N) is 2. The number of likely N-dealkylation sites (tertiary alicyclic amines) is 1. The summed E-state index contributed by atoms with van der Waals surface area (Å²) in [5, 5.41) is 7.99. The summed E-state index contributed by atoms with van der Waals surface area (Å²) in [6, 6.07) is -0.137. The Kier molecular flexibility index (Phi) is 5.81. The largest absolute Gasteiger partial charge is 0.444 e. The van der Waals surface area contributed by atoms with Crippen LogP contribution in [0.3, 0.4) is 0 Å². The number of hydrogen-bond donors (Lipinski definition) is 2. The second kappa shape index (κ2) is 7.63. The van der Waals surface area contributed by atoms with Crippen LogP contribution in [0.4, 0.5) is 14.7 Å². The summed E-state index contributed by atoms with van der Waals surface area (Å²) in [6.07, 6.45) is 3.15. The monoisotopic (exact) mass is 340 g/mol. The van der Waals surface area contributed by atoms with E-state index >= 15 is 0 Å². The highest BCUT2D eigenvalue weighted by molar-refractivity contribution is 7.13. The molecule has 7 nitrogen and oxygen atoms in total. The number of amides is 3. The van der Waals surface area contributed by atoms with Gasteiger partial charge in [-0.05, 0) is 39.5 Å². The third kappa shape index (κ3) is 6.05. The van der Waals surface area contributed by atoms with Gasteiger partial charge in [-0.1, -0.05) is 0 Å². The Balaban J connectivity index is 1.77. The van der Waals surface area contributed by atoms with Crippen molar-refractivity contribution in [2.75, 3.05) is 25.0 Å². The van der Waals surface area contributed by atoms with Crippen LogP contribution in [-0.2, 0) is 4.74 Å². The second-order valence-corrected chi connectivity index (χ2v) is 7.50. The van der Waals surface area contributed by atoms with E-state index in [0.29, 0.717) is 18.2 Å². The molecule has 0 spiro atoms. The van der Waals surface area contributed by atoms with Crippen molar-refractivity contribution >= 4 is 28.6 Å². The molecule has 2 rings (SSSR count). The molecule has 8 heteroatoms. The molecule has 1 aliphatic heterocycles. The Bertz CT molecular complexity index is 527. The van der Waals surface area contributed by atoms with Gasteiger partial charge in [-0.25, -0.2) is 14.6 Å². The number of carbonyl (C=O) groups is 2. The van der Waals surface area contributed by atoms with Crippen molar-refractivity contribution in [1.29, 1.82) is 0 Å². The zero-order chi connectivity index (χ0) is 16.9. The van der Waals surface area contributed by atoms with E-state index < -0.39 is 11.7 Å². The summed E-state index contributed by atoms with van der Waals surface area (Å²) >= 11 is 1.39. The van der Waals surface area contributed by atoms with Crippen LogP contribution in [0, 0.1) is 5.92 Å². The first kappa shape index (κ1) is 17.5. The van der Waals surface area contributed by atoms with Gasteiger partial charge in [-0.15, -0.1) is 11.3 Å². The van der Waals surface area contributed by atoms with E-state index in [2.05, 4.69) is 15.6 Å². The molecule has 0 aromatic carbocycles. The highest BCUT2D eigenvalue weighted by Gasteiger charge is 2.25. The molecule has 23 heavy (non-hydrogen) atoms. The normalized spacial score (nSPS) is 18.4. The smallest absolute Gasteiger partial charge is 0.407 e. The van der Waals surface area contributed by atoms with Crippen molar-refractivity contribution in [2.24, 2.45) is 5.92 Å². The van der Waals surface area contributed by atoms with Crippen LogP contribution in [0.5, 0.6) is 0 Å². The van der Waals surface area contributed by atoms with Crippen molar-refractivity contribution in [1.82, 2.24) is 15.2 Å². The van der Waals surface area contributed by atoms with Crippen LogP contribution in [0.1, 0.15) is 33.6 Å². The van der Waals surface area contributed by atoms with Crippen LogP contribution in [0.15, 0.2) is 11.6 Å². The molecule has 1 aromatic heterocycles. The van der Waals surface area contributed by atoms with Gasteiger partial charge in [0.15, 0.2) is 5.13 Å². The first-order valence-corrected chi connectivity index (χ1v) is 8.64. The molecule has 0 radical (unpaired) electrons. The fourth-order valence-electron chi connectivity index (χ4n) is 2.41. The maximum Gasteiger partial charge on any atom is 0.407 e. The number of piperidine rings is 1. The number of carbonyl (C=O) groups excluding carboxylic acids is 2. The van der Waals surface area contributed by atoms with Crippen molar-refractivity contribution in [3.63, 3.8) is 0 Å². The van der Waals surface area contributed by atoms with Crippen LogP contribution in [-0.4, -0.2) is 47.2 Å². The van der Waals surface area contributed by atoms with Crippen LogP contribution in [0.25, 0.3) is 0 Å². The Morgan fingerprint density at radius 1 is 1.48 bits per heavy atom. The average Bonchev–Trinajstić information content (AvgIpc) is 2.96. The molecule has 0 bridgehead atoms. The summed E-state index contributed by atoms with van der Waals surface area (Å²) in [4.78, 5) is 29.7. The fourth-order valence-corrected chi connectivity index (χ4v) is 2.93. The minimum absolute atomic E-state index is 0.137. The molecule has 2 heterocycles. The summed E-state index contributed by atoms with van der Waals surface area (Å²) in [7, 11) is 0. The standard InChI is InChI=1S/C15H24N4O3S/c1-15(2,3)22-14(21)17-9-11-5-4-7-19(10-11)13(20)18-12-16-6-8-23-12/h6,8,11H,4-5,7,9-10H2,1-3H3,(H,17,21)(H,16,18,20)/t11-/m1/s1. The van der Waals surface area contributed by atoms with E-state index in [1.54, 1.807) is 11.1 Å². The second-order valence-electron chi connectivity index (χ2n) is 6.60. The predicted octanol–water partition coefficient (Wildman–Crippen LogP) is 2.91. The number of rotatable bonds is 3. The first-order chi connectivity index (χ1) is 10.8. The molecule has 1 saturated heterocycles. The predicted molar refractivity (Wildman–Crippen MR) is 89.7 cm³/mol. The Morgan fingerprint density at radius 2 is 2.26 bits per heavy atom. The molecule has 1 aliphatic rings. The van der Waals surface area contributed by atoms with Gasteiger partial charge in [0.25, 0.3) is 0 Å². The molecular weight excluding hydrogens is 316 g/mol. The van der Waals surface area contributed by atoms with Gasteiger partial charge in [0, 0.05) is 31.2 Å². The Hall–Kier alpha value is -1.83. The lowest BCUT2D eigenvalue weighted by atomic mass is 9.98. The molecule has 1 aromatic rings. The van der Waals surface area contributed by atoms with Crippen LogP contribution < -0.4 is 10.6 Å². The zero-order valence-corrected chi connectivity index (χ0v) is 14.6. The number of urea groups is 1.